The van der Waals surface area contributed by atoms with Gasteiger partial charge >= 0.3 is 6.09 Å². The average molecular weight is 236 g/mol. The zero-order valence-corrected chi connectivity index (χ0v) is 9.16. The van der Waals surface area contributed by atoms with Crippen LogP contribution in [0.4, 0.5) is 4.79 Å². The van der Waals surface area contributed by atoms with E-state index in [2.05, 4.69) is 5.32 Å². The molecule has 88 valence electrons. The Hall–Kier alpha value is -0.820. The molecule has 0 aromatic rings. The van der Waals surface area contributed by atoms with E-state index in [-0.39, 0.29) is 5.92 Å². The summed E-state index contributed by atoms with van der Waals surface area (Å²) < 4.78 is 22.1. The van der Waals surface area contributed by atoms with Gasteiger partial charge < -0.3 is 10.4 Å². The van der Waals surface area contributed by atoms with Crippen LogP contribution in [0.25, 0.3) is 0 Å². The van der Waals surface area contributed by atoms with E-state index in [4.69, 9.17) is 10.2 Å². The second-order valence-corrected chi connectivity index (χ2v) is 5.76. The lowest BCUT2D eigenvalue weighted by molar-refractivity contribution is 0.190. The van der Waals surface area contributed by atoms with Crippen LogP contribution < -0.4 is 10.5 Å². The Morgan fingerprint density at radius 3 is 2.27 bits per heavy atom. The minimum Gasteiger partial charge on any atom is -0.465 e. The minimum absolute atomic E-state index is 0.235. The normalized spacial score (nSPS) is 27.3. The summed E-state index contributed by atoms with van der Waals surface area (Å²) in [5.41, 5.74) is 0. The molecular weight excluding hydrogens is 220 g/mol. The Morgan fingerprint density at radius 1 is 1.33 bits per heavy atom. The molecule has 0 radical (unpaired) electrons. The molecule has 6 nitrogen and oxygen atoms in total. The molecule has 0 spiro atoms. The molecule has 0 heterocycles. The molecule has 1 fully saturated rings. The lowest BCUT2D eigenvalue weighted by atomic mass is 9.89. The first kappa shape index (κ1) is 12.3. The highest BCUT2D eigenvalue weighted by Gasteiger charge is 2.28. The maximum absolute atomic E-state index is 11.0. The monoisotopic (exact) mass is 236 g/mol. The van der Waals surface area contributed by atoms with Crippen molar-refractivity contribution >= 4 is 16.1 Å². The van der Waals surface area contributed by atoms with Gasteiger partial charge in [0, 0.05) is 6.54 Å². The maximum Gasteiger partial charge on any atom is 0.404 e. The lowest BCUT2D eigenvalue weighted by Crippen LogP contribution is -2.35. The summed E-state index contributed by atoms with van der Waals surface area (Å²) in [4.78, 5) is 10.2. The smallest absolute Gasteiger partial charge is 0.404 e. The number of nitrogens with one attached hydrogen (secondary N) is 1. The predicted molar refractivity (Wildman–Crippen MR) is 54.9 cm³/mol. The molecule has 1 aliphatic carbocycles. The number of hydrogen-bond acceptors (Lipinski definition) is 3. The van der Waals surface area contributed by atoms with Crippen LogP contribution in [0.5, 0.6) is 0 Å². The van der Waals surface area contributed by atoms with Gasteiger partial charge in [-0.2, -0.15) is 0 Å². The molecule has 0 bridgehead atoms. The van der Waals surface area contributed by atoms with Crippen LogP contribution in [-0.2, 0) is 10.0 Å². The highest BCUT2D eigenvalue weighted by Crippen LogP contribution is 2.26. The van der Waals surface area contributed by atoms with E-state index in [1.54, 1.807) is 0 Å². The van der Waals surface area contributed by atoms with Gasteiger partial charge in [0.25, 0.3) is 0 Å². The number of sulfonamides is 1. The van der Waals surface area contributed by atoms with Crippen LogP contribution in [0.3, 0.4) is 0 Å². The van der Waals surface area contributed by atoms with Crippen molar-refractivity contribution in [2.45, 2.75) is 30.9 Å². The van der Waals surface area contributed by atoms with Crippen molar-refractivity contribution in [2.75, 3.05) is 6.54 Å². The van der Waals surface area contributed by atoms with Crippen molar-refractivity contribution in [1.82, 2.24) is 5.32 Å². The third-order valence-corrected chi connectivity index (χ3v) is 4.20. The number of carboxylic acid groups (broad SMARTS) is 1. The molecule has 15 heavy (non-hydrogen) atoms. The first-order chi connectivity index (χ1) is 6.89. The van der Waals surface area contributed by atoms with Crippen molar-refractivity contribution in [3.63, 3.8) is 0 Å². The van der Waals surface area contributed by atoms with E-state index >= 15 is 0 Å². The van der Waals surface area contributed by atoms with Gasteiger partial charge in [-0.05, 0) is 31.6 Å². The first-order valence-corrected chi connectivity index (χ1v) is 6.49. The summed E-state index contributed by atoms with van der Waals surface area (Å²) in [6, 6.07) is 0. The van der Waals surface area contributed by atoms with Crippen LogP contribution in [0.15, 0.2) is 0 Å². The number of nitrogens with two attached hydrogens (primary N) is 1. The van der Waals surface area contributed by atoms with Crippen LogP contribution in [0, 0.1) is 5.92 Å². The molecule has 7 heteroatoms. The zero-order chi connectivity index (χ0) is 11.5. The SMILES string of the molecule is NS(=O)(=O)[C@H]1CC[C@H](CNC(=O)O)CC1. The van der Waals surface area contributed by atoms with Gasteiger partial charge in [-0.3, -0.25) is 0 Å². The Bertz CT molecular complexity index is 320. The molecule has 0 aromatic heterocycles. The molecule has 0 aliphatic heterocycles. The summed E-state index contributed by atoms with van der Waals surface area (Å²) in [6.45, 7) is 0.396. The maximum atomic E-state index is 11.0. The zero-order valence-electron chi connectivity index (χ0n) is 8.35. The van der Waals surface area contributed by atoms with Gasteiger partial charge in [-0.25, -0.2) is 18.4 Å². The van der Waals surface area contributed by atoms with Gasteiger partial charge in [0.15, 0.2) is 0 Å². The Morgan fingerprint density at radius 2 is 1.87 bits per heavy atom. The van der Waals surface area contributed by atoms with Gasteiger partial charge in [0.1, 0.15) is 0 Å². The Balaban J connectivity index is 2.33. The van der Waals surface area contributed by atoms with Gasteiger partial charge in [0.2, 0.25) is 10.0 Å². The van der Waals surface area contributed by atoms with Crippen molar-refractivity contribution in [3.05, 3.63) is 0 Å². The molecule has 1 amide bonds. The van der Waals surface area contributed by atoms with Crippen molar-refractivity contribution in [1.29, 1.82) is 0 Å². The van der Waals surface area contributed by atoms with E-state index in [1.807, 2.05) is 0 Å². The molecule has 1 saturated carbocycles. The highest BCUT2D eigenvalue weighted by atomic mass is 32.2. The van der Waals surface area contributed by atoms with Crippen LogP contribution in [0.1, 0.15) is 25.7 Å². The quantitative estimate of drug-likeness (QED) is 0.645. The Kier molecular flexibility index (Phi) is 3.92. The molecule has 0 aromatic carbocycles. The fourth-order valence-electron chi connectivity index (χ4n) is 1.90. The lowest BCUT2D eigenvalue weighted by Gasteiger charge is -2.26. The van der Waals surface area contributed by atoms with E-state index in [0.29, 0.717) is 32.2 Å². The topological polar surface area (TPSA) is 109 Å². The molecule has 1 aliphatic rings. The molecule has 4 N–H and O–H groups in total. The number of primary sulfonamides is 1. The predicted octanol–water partition coefficient (Wildman–Crippen LogP) is 0.101. The van der Waals surface area contributed by atoms with Crippen LogP contribution in [-0.4, -0.2) is 31.4 Å². The summed E-state index contributed by atoms with van der Waals surface area (Å²) in [5.74, 6) is 0.235. The summed E-state index contributed by atoms with van der Waals surface area (Å²) >= 11 is 0. The average Bonchev–Trinajstić information content (AvgIpc) is 2.14. The van der Waals surface area contributed by atoms with Gasteiger partial charge in [0.05, 0.1) is 5.25 Å². The van der Waals surface area contributed by atoms with Crippen molar-refractivity contribution in [2.24, 2.45) is 11.1 Å². The third-order valence-electron chi connectivity index (χ3n) is 2.80. The van der Waals surface area contributed by atoms with Crippen LogP contribution >= 0.6 is 0 Å². The molecule has 0 unspecified atom stereocenters. The van der Waals surface area contributed by atoms with Crippen molar-refractivity contribution in [3.8, 4) is 0 Å². The largest absolute Gasteiger partial charge is 0.465 e. The molecule has 0 saturated heterocycles. The standard InChI is InChI=1S/C8H16N2O4S/c9-15(13,14)7-3-1-6(2-4-7)5-10-8(11)12/h6-7,10H,1-5H2,(H,11,12)(H2,9,13,14)/t6-,7-. The number of hydrogen-bond donors (Lipinski definition) is 3. The summed E-state index contributed by atoms with van der Waals surface area (Å²) in [7, 11) is -3.42. The second-order valence-electron chi connectivity index (χ2n) is 3.92. The van der Waals surface area contributed by atoms with Gasteiger partial charge in [-0.1, -0.05) is 0 Å². The van der Waals surface area contributed by atoms with E-state index < -0.39 is 21.4 Å². The number of amides is 1. The minimum atomic E-state index is -3.42. The number of carbonyl (C=O) groups is 1. The number of rotatable bonds is 3. The molecule has 0 atom stereocenters. The summed E-state index contributed by atoms with van der Waals surface area (Å²) in [5, 5.41) is 15.3. The van der Waals surface area contributed by atoms with E-state index in [9.17, 15) is 13.2 Å². The fourth-order valence-corrected chi connectivity index (χ4v) is 2.83. The summed E-state index contributed by atoms with van der Waals surface area (Å²) in [6.07, 6.45) is 1.45. The third kappa shape index (κ3) is 4.05. The second kappa shape index (κ2) is 4.80. The van der Waals surface area contributed by atoms with Gasteiger partial charge in [-0.15, -0.1) is 0 Å². The van der Waals surface area contributed by atoms with Crippen LogP contribution in [0.2, 0.25) is 0 Å². The first-order valence-electron chi connectivity index (χ1n) is 4.88. The van der Waals surface area contributed by atoms with E-state index in [1.165, 1.54) is 0 Å². The highest BCUT2D eigenvalue weighted by molar-refractivity contribution is 7.89. The Labute approximate surface area is 88.9 Å². The molecular formula is C8H16N2O4S. The van der Waals surface area contributed by atoms with Crippen molar-refractivity contribution < 1.29 is 18.3 Å². The molecule has 1 rings (SSSR count). The van der Waals surface area contributed by atoms with E-state index in [0.717, 1.165) is 0 Å². The fraction of sp³-hybridized carbons (Fsp3) is 0.875.